The first-order valence-corrected chi connectivity index (χ1v) is 7.52. The van der Waals surface area contributed by atoms with Crippen LogP contribution >= 0.6 is 0 Å². The molecular formula is C17H24N2O4. The summed E-state index contributed by atoms with van der Waals surface area (Å²) in [5, 5.41) is 2.39. The van der Waals surface area contributed by atoms with Gasteiger partial charge in [-0.2, -0.15) is 0 Å². The fourth-order valence-corrected chi connectivity index (χ4v) is 1.85. The Morgan fingerprint density at radius 3 is 2.26 bits per heavy atom. The highest BCUT2D eigenvalue weighted by atomic mass is 16.5. The SMILES string of the molecule is CC(C)Cc1ccc(C(=O)OCC(=O)NCC(=O)N(C)C)cc1. The number of nitrogens with one attached hydrogen (secondary N) is 1. The quantitative estimate of drug-likeness (QED) is 0.767. The molecule has 0 aliphatic carbocycles. The van der Waals surface area contributed by atoms with Gasteiger partial charge in [0.2, 0.25) is 5.91 Å². The second-order valence-electron chi connectivity index (χ2n) is 5.94. The standard InChI is InChI=1S/C17H24N2O4/c1-12(2)9-13-5-7-14(8-6-13)17(22)23-11-15(20)18-10-16(21)19(3)4/h5-8,12H,9-11H2,1-4H3,(H,18,20). The molecule has 6 nitrogen and oxygen atoms in total. The first-order valence-electron chi connectivity index (χ1n) is 7.52. The number of hydrogen-bond donors (Lipinski definition) is 1. The number of ether oxygens (including phenoxy) is 1. The van der Waals surface area contributed by atoms with Gasteiger partial charge in [-0.15, -0.1) is 0 Å². The normalized spacial score (nSPS) is 10.3. The van der Waals surface area contributed by atoms with Crippen LogP contribution in [0.25, 0.3) is 0 Å². The van der Waals surface area contributed by atoms with Crippen LogP contribution < -0.4 is 5.32 Å². The van der Waals surface area contributed by atoms with Crippen molar-refractivity contribution in [3.63, 3.8) is 0 Å². The molecule has 0 unspecified atom stereocenters. The molecule has 0 radical (unpaired) electrons. The fourth-order valence-electron chi connectivity index (χ4n) is 1.85. The number of likely N-dealkylation sites (N-methyl/N-ethyl adjacent to an activating group) is 1. The van der Waals surface area contributed by atoms with Crippen molar-refractivity contribution in [3.05, 3.63) is 35.4 Å². The highest BCUT2D eigenvalue weighted by molar-refractivity contribution is 5.92. The number of amides is 2. The predicted octanol–water partition coefficient (Wildman–Crippen LogP) is 1.25. The Balaban J connectivity index is 2.41. The molecule has 0 saturated carbocycles. The molecule has 0 saturated heterocycles. The molecule has 1 rings (SSSR count). The molecule has 6 heteroatoms. The van der Waals surface area contributed by atoms with E-state index in [2.05, 4.69) is 19.2 Å². The van der Waals surface area contributed by atoms with E-state index < -0.39 is 18.5 Å². The molecular weight excluding hydrogens is 296 g/mol. The number of carbonyl (C=O) groups is 3. The Morgan fingerprint density at radius 1 is 1.13 bits per heavy atom. The van der Waals surface area contributed by atoms with Gasteiger partial charge in [-0.3, -0.25) is 9.59 Å². The highest BCUT2D eigenvalue weighted by Gasteiger charge is 2.12. The van der Waals surface area contributed by atoms with Gasteiger partial charge in [0.05, 0.1) is 12.1 Å². The predicted molar refractivity (Wildman–Crippen MR) is 87.0 cm³/mol. The van der Waals surface area contributed by atoms with Gasteiger partial charge in [-0.1, -0.05) is 26.0 Å². The molecule has 0 aromatic heterocycles. The van der Waals surface area contributed by atoms with E-state index in [0.29, 0.717) is 11.5 Å². The van der Waals surface area contributed by atoms with E-state index in [1.54, 1.807) is 26.2 Å². The van der Waals surface area contributed by atoms with Gasteiger partial charge in [-0.05, 0) is 30.0 Å². The molecule has 23 heavy (non-hydrogen) atoms. The smallest absolute Gasteiger partial charge is 0.338 e. The van der Waals surface area contributed by atoms with E-state index in [1.165, 1.54) is 4.90 Å². The Bertz CT molecular complexity index is 550. The molecule has 1 aromatic rings. The van der Waals surface area contributed by atoms with Crippen LogP contribution in [0.3, 0.4) is 0 Å². The summed E-state index contributed by atoms with van der Waals surface area (Å²) in [7, 11) is 3.19. The lowest BCUT2D eigenvalue weighted by molar-refractivity contribution is -0.131. The first kappa shape index (κ1) is 18.7. The van der Waals surface area contributed by atoms with Crippen LogP contribution in [0.4, 0.5) is 0 Å². The summed E-state index contributed by atoms with van der Waals surface area (Å²) in [6.45, 7) is 3.73. The molecule has 0 bridgehead atoms. The van der Waals surface area contributed by atoms with Crippen LogP contribution in [0.15, 0.2) is 24.3 Å². The summed E-state index contributed by atoms with van der Waals surface area (Å²) in [6, 6.07) is 7.14. The van der Waals surface area contributed by atoms with Crippen LogP contribution in [0.5, 0.6) is 0 Å². The fraction of sp³-hybridized carbons (Fsp3) is 0.471. The van der Waals surface area contributed by atoms with Gasteiger partial charge in [-0.25, -0.2) is 4.79 Å². The van der Waals surface area contributed by atoms with Crippen LogP contribution in [-0.4, -0.2) is 49.9 Å². The minimum absolute atomic E-state index is 0.118. The number of hydrogen-bond acceptors (Lipinski definition) is 4. The Labute approximate surface area is 136 Å². The van der Waals surface area contributed by atoms with Crippen molar-refractivity contribution in [1.82, 2.24) is 10.2 Å². The van der Waals surface area contributed by atoms with Crippen molar-refractivity contribution < 1.29 is 19.1 Å². The Morgan fingerprint density at radius 2 is 1.74 bits per heavy atom. The highest BCUT2D eigenvalue weighted by Crippen LogP contribution is 2.10. The Hall–Kier alpha value is -2.37. The lowest BCUT2D eigenvalue weighted by Gasteiger charge is -2.11. The van der Waals surface area contributed by atoms with Crippen LogP contribution in [-0.2, 0) is 20.7 Å². The van der Waals surface area contributed by atoms with E-state index in [1.807, 2.05) is 12.1 Å². The molecule has 0 fully saturated rings. The monoisotopic (exact) mass is 320 g/mol. The van der Waals surface area contributed by atoms with Crippen LogP contribution in [0.2, 0.25) is 0 Å². The van der Waals surface area contributed by atoms with E-state index in [4.69, 9.17) is 4.74 Å². The number of carbonyl (C=O) groups excluding carboxylic acids is 3. The molecule has 2 amide bonds. The Kier molecular flexibility index (Phi) is 7.25. The average Bonchev–Trinajstić information content (AvgIpc) is 2.50. The van der Waals surface area contributed by atoms with Gasteiger partial charge < -0.3 is 15.0 Å². The van der Waals surface area contributed by atoms with Crippen LogP contribution in [0, 0.1) is 5.92 Å². The minimum Gasteiger partial charge on any atom is -0.452 e. The largest absolute Gasteiger partial charge is 0.452 e. The molecule has 0 spiro atoms. The third-order valence-electron chi connectivity index (χ3n) is 3.10. The topological polar surface area (TPSA) is 75.7 Å². The summed E-state index contributed by atoms with van der Waals surface area (Å²) >= 11 is 0. The van der Waals surface area contributed by atoms with Crippen LogP contribution in [0.1, 0.15) is 29.8 Å². The summed E-state index contributed by atoms with van der Waals surface area (Å²) in [5.41, 5.74) is 1.55. The molecule has 1 N–H and O–H groups in total. The van der Waals surface area contributed by atoms with Gasteiger partial charge in [0.15, 0.2) is 6.61 Å². The van der Waals surface area contributed by atoms with Crippen molar-refractivity contribution in [2.45, 2.75) is 20.3 Å². The maximum absolute atomic E-state index is 11.9. The maximum atomic E-state index is 11.9. The molecule has 1 aromatic carbocycles. The zero-order chi connectivity index (χ0) is 17.4. The summed E-state index contributed by atoms with van der Waals surface area (Å²) in [4.78, 5) is 36.1. The number of benzene rings is 1. The minimum atomic E-state index is -0.560. The zero-order valence-electron chi connectivity index (χ0n) is 14.1. The van der Waals surface area contributed by atoms with Crippen molar-refractivity contribution in [2.24, 2.45) is 5.92 Å². The van der Waals surface area contributed by atoms with E-state index in [-0.39, 0.29) is 12.5 Å². The van der Waals surface area contributed by atoms with Gasteiger partial charge in [0.25, 0.3) is 5.91 Å². The lowest BCUT2D eigenvalue weighted by Crippen LogP contribution is -2.38. The van der Waals surface area contributed by atoms with E-state index >= 15 is 0 Å². The van der Waals surface area contributed by atoms with Crippen molar-refractivity contribution in [2.75, 3.05) is 27.2 Å². The maximum Gasteiger partial charge on any atom is 0.338 e. The third-order valence-corrected chi connectivity index (χ3v) is 3.10. The number of esters is 1. The van der Waals surface area contributed by atoms with Gasteiger partial charge in [0.1, 0.15) is 0 Å². The summed E-state index contributed by atoms with van der Waals surface area (Å²) < 4.78 is 4.93. The first-order chi connectivity index (χ1) is 10.8. The molecule has 0 atom stereocenters. The van der Waals surface area contributed by atoms with Gasteiger partial charge >= 0.3 is 5.97 Å². The van der Waals surface area contributed by atoms with Gasteiger partial charge in [0, 0.05) is 14.1 Å². The molecule has 0 heterocycles. The number of rotatable bonds is 7. The lowest BCUT2D eigenvalue weighted by atomic mass is 10.0. The van der Waals surface area contributed by atoms with Crippen molar-refractivity contribution in [1.29, 1.82) is 0 Å². The van der Waals surface area contributed by atoms with Crippen molar-refractivity contribution in [3.8, 4) is 0 Å². The third kappa shape index (κ3) is 6.95. The second kappa shape index (κ2) is 8.92. The van der Waals surface area contributed by atoms with Crippen molar-refractivity contribution >= 4 is 17.8 Å². The summed E-state index contributed by atoms with van der Waals surface area (Å²) in [6.07, 6.45) is 0.942. The molecule has 126 valence electrons. The summed E-state index contributed by atoms with van der Waals surface area (Å²) in [5.74, 6) is -0.757. The van der Waals surface area contributed by atoms with E-state index in [9.17, 15) is 14.4 Å². The second-order valence-corrected chi connectivity index (χ2v) is 5.94. The average molecular weight is 320 g/mol. The van der Waals surface area contributed by atoms with E-state index in [0.717, 1.165) is 12.0 Å². The number of nitrogens with zero attached hydrogens (tertiary/aromatic N) is 1. The zero-order valence-corrected chi connectivity index (χ0v) is 14.1. The molecule has 0 aliphatic rings. The molecule has 0 aliphatic heterocycles.